The highest BCUT2D eigenvalue weighted by molar-refractivity contribution is 6.02. The zero-order valence-electron chi connectivity index (χ0n) is 19.6. The smallest absolute Gasteiger partial charge is 0.414 e. The van der Waals surface area contributed by atoms with Crippen molar-refractivity contribution in [3.8, 4) is 0 Å². The van der Waals surface area contributed by atoms with Crippen molar-refractivity contribution in [2.75, 3.05) is 42.5 Å². The van der Waals surface area contributed by atoms with Crippen LogP contribution in [0.15, 0.2) is 65.3 Å². The van der Waals surface area contributed by atoms with Gasteiger partial charge in [-0.25, -0.2) is 9.18 Å². The molecule has 8 nitrogen and oxygen atoms in total. The summed E-state index contributed by atoms with van der Waals surface area (Å²) in [5.41, 5.74) is 4.35. The topological polar surface area (TPSA) is 77.5 Å². The van der Waals surface area contributed by atoms with E-state index in [1.165, 1.54) is 23.5 Å². The summed E-state index contributed by atoms with van der Waals surface area (Å²) in [4.78, 5) is 26.8. The summed E-state index contributed by atoms with van der Waals surface area (Å²) in [7, 11) is 0. The minimum atomic E-state index is -0.543. The SMILES string of the molecule is CC(=O)NCC1CN(c2ccc(N3CCC4=NN(Cc5ccccc5)CC=C4C3)c(F)c2)C(=O)O1. The Morgan fingerprint density at radius 3 is 2.83 bits per heavy atom. The van der Waals surface area contributed by atoms with Crippen LogP contribution in [-0.4, -0.2) is 61.5 Å². The predicted molar refractivity (Wildman–Crippen MR) is 132 cm³/mol. The maximum atomic E-state index is 15.2. The zero-order chi connectivity index (χ0) is 24.4. The van der Waals surface area contributed by atoms with Gasteiger partial charge < -0.3 is 15.0 Å². The van der Waals surface area contributed by atoms with Crippen molar-refractivity contribution in [3.05, 3.63) is 71.6 Å². The van der Waals surface area contributed by atoms with Crippen molar-refractivity contribution in [2.45, 2.75) is 26.0 Å². The Hall–Kier alpha value is -3.88. The molecule has 2 saturated heterocycles. The number of amides is 2. The lowest BCUT2D eigenvalue weighted by molar-refractivity contribution is -0.119. The molecule has 2 aromatic rings. The standard InChI is InChI=1S/C26H28FN5O3/c1-18(33)28-14-22-17-32(26(34)35-22)21-7-8-25(23(27)13-21)30-11-10-24-20(16-30)9-12-31(29-24)15-19-5-3-2-4-6-19/h2-9,13,22H,10-12,14-17H2,1H3,(H,28,33). The molecule has 2 amide bonds. The summed E-state index contributed by atoms with van der Waals surface area (Å²) in [6.07, 6.45) is 1.91. The van der Waals surface area contributed by atoms with Crippen LogP contribution in [0.25, 0.3) is 0 Å². The van der Waals surface area contributed by atoms with E-state index in [9.17, 15) is 9.59 Å². The molecule has 1 N–H and O–H groups in total. The summed E-state index contributed by atoms with van der Waals surface area (Å²) in [6, 6.07) is 15.1. The molecule has 0 aliphatic carbocycles. The van der Waals surface area contributed by atoms with Gasteiger partial charge in [-0.1, -0.05) is 36.4 Å². The van der Waals surface area contributed by atoms with Crippen molar-refractivity contribution in [2.24, 2.45) is 5.10 Å². The fourth-order valence-electron chi connectivity index (χ4n) is 4.62. The second-order valence-corrected chi connectivity index (χ2v) is 8.97. The van der Waals surface area contributed by atoms with E-state index in [1.54, 1.807) is 12.1 Å². The normalized spacial score (nSPS) is 19.7. The van der Waals surface area contributed by atoms with Crippen LogP contribution in [0.3, 0.4) is 0 Å². The number of hydrazone groups is 1. The van der Waals surface area contributed by atoms with E-state index < -0.39 is 12.2 Å². The average Bonchev–Trinajstić information content (AvgIpc) is 3.23. The molecule has 5 rings (SSSR count). The Bertz CT molecular complexity index is 1180. The first-order valence-electron chi connectivity index (χ1n) is 11.8. The quantitative estimate of drug-likeness (QED) is 0.691. The van der Waals surface area contributed by atoms with Crippen LogP contribution >= 0.6 is 0 Å². The lowest BCUT2D eigenvalue weighted by Gasteiger charge is -2.35. The number of cyclic esters (lactones) is 1. The number of hydrogen-bond donors (Lipinski definition) is 1. The molecule has 3 aliphatic heterocycles. The highest BCUT2D eigenvalue weighted by Gasteiger charge is 2.33. The number of hydrogen-bond acceptors (Lipinski definition) is 6. The molecule has 2 fully saturated rings. The van der Waals surface area contributed by atoms with E-state index in [0.29, 0.717) is 24.5 Å². The van der Waals surface area contributed by atoms with Gasteiger partial charge in [0.25, 0.3) is 0 Å². The number of ether oxygens (including phenoxy) is 1. The first-order chi connectivity index (χ1) is 17.0. The highest BCUT2D eigenvalue weighted by atomic mass is 19.1. The molecule has 182 valence electrons. The van der Waals surface area contributed by atoms with Gasteiger partial charge in [-0.15, -0.1) is 0 Å². The lowest BCUT2D eigenvalue weighted by Crippen LogP contribution is -2.39. The fourth-order valence-corrected chi connectivity index (χ4v) is 4.62. The van der Waals surface area contributed by atoms with Gasteiger partial charge in [0, 0.05) is 26.4 Å². The molecule has 1 unspecified atom stereocenters. The highest BCUT2D eigenvalue weighted by Crippen LogP contribution is 2.30. The zero-order valence-corrected chi connectivity index (χ0v) is 19.6. The molecular weight excluding hydrogens is 449 g/mol. The molecular formula is C26H28FN5O3. The first kappa shape index (κ1) is 22.9. The third-order valence-corrected chi connectivity index (χ3v) is 6.41. The number of nitrogens with zero attached hydrogens (tertiary/aromatic N) is 4. The van der Waals surface area contributed by atoms with E-state index in [0.717, 1.165) is 30.8 Å². The Morgan fingerprint density at radius 2 is 2.06 bits per heavy atom. The molecule has 0 bridgehead atoms. The number of anilines is 2. The molecule has 35 heavy (non-hydrogen) atoms. The van der Waals surface area contributed by atoms with Crippen molar-refractivity contribution in [1.29, 1.82) is 0 Å². The number of nitrogens with one attached hydrogen (secondary N) is 1. The van der Waals surface area contributed by atoms with Gasteiger partial charge in [0.05, 0.1) is 43.3 Å². The van der Waals surface area contributed by atoms with Gasteiger partial charge in [0.2, 0.25) is 5.91 Å². The molecule has 3 heterocycles. The molecule has 0 aromatic heterocycles. The predicted octanol–water partition coefficient (Wildman–Crippen LogP) is 3.30. The number of carbonyl (C=O) groups excluding carboxylic acids is 2. The van der Waals surface area contributed by atoms with Crippen LogP contribution in [-0.2, 0) is 16.1 Å². The third kappa shape index (κ3) is 5.13. The van der Waals surface area contributed by atoms with Crippen LogP contribution in [0.5, 0.6) is 0 Å². The largest absolute Gasteiger partial charge is 0.442 e. The van der Waals surface area contributed by atoms with E-state index in [4.69, 9.17) is 9.84 Å². The van der Waals surface area contributed by atoms with Gasteiger partial charge in [-0.3, -0.25) is 14.7 Å². The number of fused-ring (bicyclic) bond motifs is 1. The first-order valence-corrected chi connectivity index (χ1v) is 11.8. The Labute approximate surface area is 203 Å². The van der Waals surface area contributed by atoms with E-state index in [2.05, 4.69) is 28.5 Å². The summed E-state index contributed by atoms with van der Waals surface area (Å²) in [5, 5.41) is 9.54. The minimum Gasteiger partial charge on any atom is -0.442 e. The van der Waals surface area contributed by atoms with Crippen LogP contribution in [0.1, 0.15) is 18.9 Å². The van der Waals surface area contributed by atoms with Gasteiger partial charge in [0.15, 0.2) is 0 Å². The van der Waals surface area contributed by atoms with Gasteiger partial charge >= 0.3 is 6.09 Å². The molecule has 1 atom stereocenters. The van der Waals surface area contributed by atoms with Crippen molar-refractivity contribution in [3.63, 3.8) is 0 Å². The minimum absolute atomic E-state index is 0.193. The molecule has 2 aromatic carbocycles. The van der Waals surface area contributed by atoms with E-state index >= 15 is 4.39 Å². The van der Waals surface area contributed by atoms with Gasteiger partial charge in [-0.05, 0) is 29.3 Å². The number of piperidine rings is 1. The van der Waals surface area contributed by atoms with Crippen LogP contribution in [0.2, 0.25) is 0 Å². The number of rotatable bonds is 6. The lowest BCUT2D eigenvalue weighted by atomic mass is 10.00. The van der Waals surface area contributed by atoms with Crippen molar-refractivity contribution in [1.82, 2.24) is 10.3 Å². The maximum absolute atomic E-state index is 15.2. The number of carbonyl (C=O) groups is 2. The summed E-state index contributed by atoms with van der Waals surface area (Å²) >= 11 is 0. The Morgan fingerprint density at radius 1 is 1.23 bits per heavy atom. The third-order valence-electron chi connectivity index (χ3n) is 6.41. The molecule has 3 aliphatic rings. The Kier molecular flexibility index (Phi) is 6.39. The van der Waals surface area contributed by atoms with Crippen LogP contribution in [0, 0.1) is 5.82 Å². The number of benzene rings is 2. The van der Waals surface area contributed by atoms with Crippen LogP contribution < -0.4 is 15.1 Å². The van der Waals surface area contributed by atoms with E-state index in [1.807, 2.05) is 23.1 Å². The van der Waals surface area contributed by atoms with Crippen LogP contribution in [0.4, 0.5) is 20.6 Å². The van der Waals surface area contributed by atoms with Crippen molar-refractivity contribution >= 4 is 29.1 Å². The van der Waals surface area contributed by atoms with E-state index in [-0.39, 0.29) is 24.8 Å². The monoisotopic (exact) mass is 477 g/mol. The second-order valence-electron chi connectivity index (χ2n) is 8.97. The molecule has 9 heteroatoms. The number of halogens is 1. The summed E-state index contributed by atoms with van der Waals surface area (Å²) < 4.78 is 20.4. The summed E-state index contributed by atoms with van der Waals surface area (Å²) in [5.74, 6) is -0.579. The van der Waals surface area contributed by atoms with Gasteiger partial charge in [-0.2, -0.15) is 5.10 Å². The van der Waals surface area contributed by atoms with Gasteiger partial charge in [0.1, 0.15) is 11.9 Å². The van der Waals surface area contributed by atoms with Crippen molar-refractivity contribution < 1.29 is 18.7 Å². The fraction of sp³-hybridized carbons (Fsp3) is 0.346. The average molecular weight is 478 g/mol. The molecule has 0 saturated carbocycles. The maximum Gasteiger partial charge on any atom is 0.414 e. The Balaban J connectivity index is 1.22. The summed E-state index contributed by atoms with van der Waals surface area (Å²) in [6.45, 7) is 4.64. The second kappa shape index (κ2) is 9.77. The molecule has 0 spiro atoms. The molecule has 0 radical (unpaired) electrons.